The number of nitriles is 1. The largest absolute Gasteiger partial charge is 0.313 e. The first kappa shape index (κ1) is 7.56. The maximum atomic E-state index is 8.69. The van der Waals surface area contributed by atoms with Crippen molar-refractivity contribution in [3.63, 3.8) is 0 Å². The van der Waals surface area contributed by atoms with Gasteiger partial charge in [-0.3, -0.25) is 0 Å². The topological polar surface area (TPSA) is 49.8 Å². The van der Waals surface area contributed by atoms with E-state index in [9.17, 15) is 0 Å². The summed E-state index contributed by atoms with van der Waals surface area (Å²) in [5.41, 5.74) is 5.26. The minimum absolute atomic E-state index is 0.515. The lowest BCUT2D eigenvalue weighted by atomic mass is 10.0. The van der Waals surface area contributed by atoms with Gasteiger partial charge in [-0.2, -0.15) is 5.26 Å². The van der Waals surface area contributed by atoms with Crippen LogP contribution in [0.3, 0.4) is 0 Å². The van der Waals surface area contributed by atoms with Crippen LogP contribution in [0.5, 0.6) is 0 Å². The molecule has 1 rings (SSSR count). The molecule has 0 radical (unpaired) electrons. The normalized spacial score (nSPS) is 47.0. The highest BCUT2D eigenvalue weighted by atomic mass is 14.8. The van der Waals surface area contributed by atoms with Crippen molar-refractivity contribution in [1.29, 1.82) is 5.26 Å². The van der Waals surface area contributed by atoms with Gasteiger partial charge in [-0.25, -0.2) is 0 Å². The van der Waals surface area contributed by atoms with Crippen LogP contribution in [-0.4, -0.2) is 5.54 Å². The first-order valence-corrected chi connectivity index (χ1v) is 3.77. The number of rotatable bonds is 0. The van der Waals surface area contributed by atoms with Crippen molar-refractivity contribution >= 4 is 0 Å². The second-order valence-corrected chi connectivity index (χ2v) is 3.63. The van der Waals surface area contributed by atoms with E-state index in [1.807, 2.05) is 0 Å². The second-order valence-electron chi connectivity index (χ2n) is 3.63. The third kappa shape index (κ3) is 1.15. The predicted molar refractivity (Wildman–Crippen MR) is 40.1 cm³/mol. The van der Waals surface area contributed by atoms with E-state index in [1.54, 1.807) is 0 Å². The van der Waals surface area contributed by atoms with Gasteiger partial charge in [0.1, 0.15) is 5.54 Å². The molecule has 0 aromatic carbocycles. The lowest BCUT2D eigenvalue weighted by Crippen LogP contribution is -2.34. The van der Waals surface area contributed by atoms with Crippen molar-refractivity contribution < 1.29 is 0 Å². The van der Waals surface area contributed by atoms with Crippen LogP contribution < -0.4 is 5.73 Å². The van der Waals surface area contributed by atoms with Gasteiger partial charge in [0.15, 0.2) is 0 Å². The Balaban J connectivity index is 2.66. The average Bonchev–Trinajstić information content (AvgIpc) is 2.10. The molecule has 0 saturated heterocycles. The Kier molecular flexibility index (Phi) is 1.70. The summed E-state index contributed by atoms with van der Waals surface area (Å²) in [6.07, 6.45) is 1.73. The van der Waals surface area contributed by atoms with Crippen molar-refractivity contribution in [3.05, 3.63) is 0 Å². The summed E-state index contributed by atoms with van der Waals surface area (Å²) < 4.78 is 0. The summed E-state index contributed by atoms with van der Waals surface area (Å²) in [5, 5.41) is 8.69. The molecule has 1 aliphatic rings. The fourth-order valence-corrected chi connectivity index (χ4v) is 1.73. The molecular weight excluding hydrogens is 124 g/mol. The second kappa shape index (κ2) is 2.25. The highest BCUT2D eigenvalue weighted by molar-refractivity contribution is 5.10. The zero-order valence-corrected chi connectivity index (χ0v) is 6.59. The van der Waals surface area contributed by atoms with E-state index < -0.39 is 5.54 Å². The SMILES string of the molecule is C[C@@H]1CC(N)(C#N)C[C@@H]1C. The minimum atomic E-state index is -0.515. The Labute approximate surface area is 62.0 Å². The van der Waals surface area contributed by atoms with Gasteiger partial charge in [0.2, 0.25) is 0 Å². The zero-order valence-electron chi connectivity index (χ0n) is 6.59. The molecule has 0 spiro atoms. The summed E-state index contributed by atoms with van der Waals surface area (Å²) in [4.78, 5) is 0. The van der Waals surface area contributed by atoms with Gasteiger partial charge < -0.3 is 5.73 Å². The van der Waals surface area contributed by atoms with Crippen molar-refractivity contribution in [2.24, 2.45) is 17.6 Å². The molecule has 0 heterocycles. The molecule has 1 aliphatic carbocycles. The monoisotopic (exact) mass is 138 g/mol. The van der Waals surface area contributed by atoms with Gasteiger partial charge in [0.05, 0.1) is 6.07 Å². The molecule has 1 saturated carbocycles. The van der Waals surface area contributed by atoms with Gasteiger partial charge in [0, 0.05) is 0 Å². The third-order valence-electron chi connectivity index (χ3n) is 2.57. The molecule has 2 heteroatoms. The van der Waals surface area contributed by atoms with E-state index in [1.165, 1.54) is 0 Å². The van der Waals surface area contributed by atoms with Crippen LogP contribution in [-0.2, 0) is 0 Å². The highest BCUT2D eigenvalue weighted by Crippen LogP contribution is 2.36. The smallest absolute Gasteiger partial charge is 0.104 e. The minimum Gasteiger partial charge on any atom is -0.313 e. The van der Waals surface area contributed by atoms with E-state index in [0.29, 0.717) is 11.8 Å². The predicted octanol–water partition coefficient (Wildman–Crippen LogP) is 1.27. The van der Waals surface area contributed by atoms with Crippen molar-refractivity contribution in [3.8, 4) is 6.07 Å². The number of hydrogen-bond donors (Lipinski definition) is 1. The molecule has 1 fully saturated rings. The van der Waals surface area contributed by atoms with Crippen LogP contribution in [0.15, 0.2) is 0 Å². The maximum absolute atomic E-state index is 8.69. The van der Waals surface area contributed by atoms with Gasteiger partial charge >= 0.3 is 0 Å². The molecule has 0 aliphatic heterocycles. The Hall–Kier alpha value is -0.550. The van der Waals surface area contributed by atoms with Gasteiger partial charge in [-0.05, 0) is 24.7 Å². The molecule has 0 bridgehead atoms. The number of nitrogens with zero attached hydrogens (tertiary/aromatic N) is 1. The molecule has 0 amide bonds. The van der Waals surface area contributed by atoms with Crippen molar-refractivity contribution in [2.45, 2.75) is 32.2 Å². The van der Waals surface area contributed by atoms with Crippen molar-refractivity contribution in [2.75, 3.05) is 0 Å². The van der Waals surface area contributed by atoms with Gasteiger partial charge in [-0.15, -0.1) is 0 Å². The standard InChI is InChI=1S/C8H14N2/c1-6-3-8(10,5-9)4-7(6)2/h6-7H,3-4,10H2,1-2H3/t6-,7+,8?. The fraction of sp³-hybridized carbons (Fsp3) is 0.875. The molecule has 0 aromatic heterocycles. The molecule has 0 aromatic rings. The Bertz CT molecular complexity index is 159. The molecule has 2 N–H and O–H groups in total. The maximum Gasteiger partial charge on any atom is 0.104 e. The molecule has 56 valence electrons. The van der Waals surface area contributed by atoms with E-state index in [2.05, 4.69) is 19.9 Å². The lowest BCUT2D eigenvalue weighted by molar-refractivity contribution is 0.457. The van der Waals surface area contributed by atoms with E-state index in [-0.39, 0.29) is 0 Å². The van der Waals surface area contributed by atoms with Crippen LogP contribution in [0.2, 0.25) is 0 Å². The summed E-state index contributed by atoms with van der Waals surface area (Å²) in [7, 11) is 0. The lowest BCUT2D eigenvalue weighted by Gasteiger charge is -2.11. The van der Waals surface area contributed by atoms with E-state index in [4.69, 9.17) is 11.0 Å². The van der Waals surface area contributed by atoms with E-state index in [0.717, 1.165) is 12.8 Å². The van der Waals surface area contributed by atoms with Gasteiger partial charge in [0.25, 0.3) is 0 Å². The highest BCUT2D eigenvalue weighted by Gasteiger charge is 2.38. The molecular formula is C8H14N2. The van der Waals surface area contributed by atoms with Crippen molar-refractivity contribution in [1.82, 2.24) is 0 Å². The quantitative estimate of drug-likeness (QED) is 0.548. The summed E-state index contributed by atoms with van der Waals surface area (Å²) in [5.74, 6) is 1.23. The summed E-state index contributed by atoms with van der Waals surface area (Å²) in [6, 6.07) is 2.18. The Morgan fingerprint density at radius 3 is 2.00 bits per heavy atom. The summed E-state index contributed by atoms with van der Waals surface area (Å²) in [6.45, 7) is 4.33. The number of hydrogen-bond acceptors (Lipinski definition) is 2. The number of nitrogens with two attached hydrogens (primary N) is 1. The molecule has 3 atom stereocenters. The molecule has 10 heavy (non-hydrogen) atoms. The Morgan fingerprint density at radius 1 is 1.40 bits per heavy atom. The van der Waals surface area contributed by atoms with Crippen LogP contribution >= 0.6 is 0 Å². The Morgan fingerprint density at radius 2 is 1.80 bits per heavy atom. The van der Waals surface area contributed by atoms with Crippen LogP contribution in [0.4, 0.5) is 0 Å². The third-order valence-corrected chi connectivity index (χ3v) is 2.57. The fourth-order valence-electron chi connectivity index (χ4n) is 1.73. The van der Waals surface area contributed by atoms with E-state index >= 15 is 0 Å². The summed E-state index contributed by atoms with van der Waals surface area (Å²) >= 11 is 0. The van der Waals surface area contributed by atoms with Crippen LogP contribution in [0.25, 0.3) is 0 Å². The zero-order chi connectivity index (χ0) is 7.78. The first-order chi connectivity index (χ1) is 4.57. The average molecular weight is 138 g/mol. The molecule has 2 nitrogen and oxygen atoms in total. The van der Waals surface area contributed by atoms with Gasteiger partial charge in [-0.1, -0.05) is 13.8 Å². The van der Waals surface area contributed by atoms with Crippen LogP contribution in [0.1, 0.15) is 26.7 Å². The first-order valence-electron chi connectivity index (χ1n) is 3.77. The van der Waals surface area contributed by atoms with Crippen LogP contribution in [0, 0.1) is 23.2 Å². The molecule has 1 unspecified atom stereocenters.